The van der Waals surface area contributed by atoms with Crippen LogP contribution in [0.5, 0.6) is 11.5 Å². The van der Waals surface area contributed by atoms with E-state index in [9.17, 15) is 0 Å². The van der Waals surface area contributed by atoms with Crippen molar-refractivity contribution in [3.63, 3.8) is 0 Å². The molecule has 0 fully saturated rings. The van der Waals surface area contributed by atoms with Gasteiger partial charge in [-0.3, -0.25) is 0 Å². The van der Waals surface area contributed by atoms with Crippen LogP contribution in [0.3, 0.4) is 0 Å². The largest absolute Gasteiger partial charge is 0.490 e. The minimum atomic E-state index is -0.0111. The molecule has 0 aromatic heterocycles. The molecule has 156 valence electrons. The SMILES string of the molecule is CCOc1ccc(N(C)c2ccc3c(c2)C(C)(C)c2cc(C)ccc2-3)cc1OCC. The topological polar surface area (TPSA) is 21.7 Å². The van der Waals surface area contributed by atoms with Crippen LogP contribution in [-0.2, 0) is 5.41 Å². The number of hydrogen-bond donors (Lipinski definition) is 0. The van der Waals surface area contributed by atoms with Crippen molar-refractivity contribution in [3.8, 4) is 22.6 Å². The summed E-state index contributed by atoms with van der Waals surface area (Å²) in [5.74, 6) is 1.57. The molecule has 0 unspecified atom stereocenters. The highest BCUT2D eigenvalue weighted by Gasteiger charge is 2.35. The quantitative estimate of drug-likeness (QED) is 0.450. The summed E-state index contributed by atoms with van der Waals surface area (Å²) in [4.78, 5) is 2.21. The molecule has 0 radical (unpaired) electrons. The molecule has 0 amide bonds. The summed E-state index contributed by atoms with van der Waals surface area (Å²) >= 11 is 0. The van der Waals surface area contributed by atoms with Gasteiger partial charge < -0.3 is 14.4 Å². The number of aryl methyl sites for hydroxylation is 1. The summed E-state index contributed by atoms with van der Waals surface area (Å²) in [7, 11) is 2.10. The first-order valence-corrected chi connectivity index (χ1v) is 10.8. The van der Waals surface area contributed by atoms with Crippen LogP contribution < -0.4 is 14.4 Å². The van der Waals surface area contributed by atoms with Crippen LogP contribution in [-0.4, -0.2) is 20.3 Å². The molecule has 0 N–H and O–H groups in total. The Balaban J connectivity index is 1.73. The van der Waals surface area contributed by atoms with Crippen LogP contribution in [0.4, 0.5) is 11.4 Å². The second-order valence-electron chi connectivity index (χ2n) is 8.46. The molecule has 0 heterocycles. The Morgan fingerprint density at radius 3 is 2.00 bits per heavy atom. The van der Waals surface area contributed by atoms with Gasteiger partial charge in [-0.15, -0.1) is 0 Å². The predicted molar refractivity (Wildman–Crippen MR) is 126 cm³/mol. The van der Waals surface area contributed by atoms with Crippen molar-refractivity contribution in [2.24, 2.45) is 0 Å². The van der Waals surface area contributed by atoms with Crippen molar-refractivity contribution < 1.29 is 9.47 Å². The lowest BCUT2D eigenvalue weighted by atomic mass is 9.82. The summed E-state index contributed by atoms with van der Waals surface area (Å²) in [5.41, 5.74) is 9.03. The summed E-state index contributed by atoms with van der Waals surface area (Å²) in [6.45, 7) is 12.0. The Kier molecular flexibility index (Phi) is 5.23. The zero-order chi connectivity index (χ0) is 21.5. The van der Waals surface area contributed by atoms with Gasteiger partial charge >= 0.3 is 0 Å². The van der Waals surface area contributed by atoms with Gasteiger partial charge in [0.2, 0.25) is 0 Å². The van der Waals surface area contributed by atoms with E-state index in [-0.39, 0.29) is 5.41 Å². The Morgan fingerprint density at radius 1 is 0.733 bits per heavy atom. The molecule has 0 aliphatic heterocycles. The van der Waals surface area contributed by atoms with E-state index in [1.807, 2.05) is 19.9 Å². The van der Waals surface area contributed by atoms with E-state index < -0.39 is 0 Å². The fourth-order valence-electron chi connectivity index (χ4n) is 4.45. The van der Waals surface area contributed by atoms with Gasteiger partial charge in [0.25, 0.3) is 0 Å². The van der Waals surface area contributed by atoms with E-state index in [2.05, 4.69) is 81.2 Å². The predicted octanol–water partition coefficient (Wildman–Crippen LogP) is 6.87. The van der Waals surface area contributed by atoms with E-state index in [0.29, 0.717) is 13.2 Å². The third-order valence-electron chi connectivity index (χ3n) is 6.12. The van der Waals surface area contributed by atoms with Crippen molar-refractivity contribution in [1.82, 2.24) is 0 Å². The van der Waals surface area contributed by atoms with E-state index in [0.717, 1.165) is 22.9 Å². The average molecular weight is 402 g/mol. The molecule has 4 rings (SSSR count). The van der Waals surface area contributed by atoms with Gasteiger partial charge in [-0.1, -0.05) is 43.7 Å². The average Bonchev–Trinajstić information content (AvgIpc) is 2.95. The van der Waals surface area contributed by atoms with E-state index in [1.54, 1.807) is 0 Å². The lowest BCUT2D eigenvalue weighted by molar-refractivity contribution is 0.288. The van der Waals surface area contributed by atoms with Crippen molar-refractivity contribution >= 4 is 11.4 Å². The number of fused-ring (bicyclic) bond motifs is 3. The summed E-state index contributed by atoms with van der Waals surface area (Å²) in [6, 6.07) is 19.8. The fraction of sp³-hybridized carbons (Fsp3) is 0.333. The number of anilines is 2. The molecule has 1 aliphatic carbocycles. The van der Waals surface area contributed by atoms with Crippen molar-refractivity contribution in [2.45, 2.75) is 40.0 Å². The lowest BCUT2D eigenvalue weighted by Gasteiger charge is -2.25. The Labute approximate surface area is 180 Å². The van der Waals surface area contributed by atoms with Gasteiger partial charge in [0.1, 0.15) is 0 Å². The molecule has 0 saturated heterocycles. The molecule has 3 nitrogen and oxygen atoms in total. The number of benzene rings is 3. The monoisotopic (exact) mass is 401 g/mol. The first kappa shape index (κ1) is 20.3. The maximum Gasteiger partial charge on any atom is 0.163 e. The minimum absolute atomic E-state index is 0.0111. The maximum atomic E-state index is 5.83. The first-order valence-electron chi connectivity index (χ1n) is 10.8. The fourth-order valence-corrected chi connectivity index (χ4v) is 4.45. The molecule has 3 aromatic carbocycles. The van der Waals surface area contributed by atoms with Crippen LogP contribution in [0.2, 0.25) is 0 Å². The number of rotatable bonds is 6. The second-order valence-corrected chi connectivity index (χ2v) is 8.46. The highest BCUT2D eigenvalue weighted by Crippen LogP contribution is 2.50. The summed E-state index contributed by atoms with van der Waals surface area (Å²) in [5, 5.41) is 0. The van der Waals surface area contributed by atoms with Gasteiger partial charge in [-0.2, -0.15) is 0 Å². The van der Waals surface area contributed by atoms with E-state index >= 15 is 0 Å². The van der Waals surface area contributed by atoms with Crippen LogP contribution >= 0.6 is 0 Å². The smallest absolute Gasteiger partial charge is 0.163 e. The normalized spacial score (nSPS) is 13.5. The zero-order valence-electron chi connectivity index (χ0n) is 18.9. The lowest BCUT2D eigenvalue weighted by Crippen LogP contribution is -2.16. The number of hydrogen-bond acceptors (Lipinski definition) is 3. The third kappa shape index (κ3) is 3.32. The Bertz CT molecular complexity index is 1080. The molecule has 0 atom stereocenters. The molecule has 1 aliphatic rings. The Hall–Kier alpha value is -2.94. The maximum absolute atomic E-state index is 5.83. The van der Waals surface area contributed by atoms with Crippen molar-refractivity contribution in [3.05, 3.63) is 71.3 Å². The third-order valence-corrected chi connectivity index (χ3v) is 6.12. The molecular formula is C27H31NO2. The van der Waals surface area contributed by atoms with Crippen molar-refractivity contribution in [1.29, 1.82) is 0 Å². The van der Waals surface area contributed by atoms with E-state index in [4.69, 9.17) is 9.47 Å². The molecule has 3 aromatic rings. The highest BCUT2D eigenvalue weighted by molar-refractivity contribution is 5.83. The van der Waals surface area contributed by atoms with Crippen molar-refractivity contribution in [2.75, 3.05) is 25.2 Å². The standard InChI is InChI=1S/C27H31NO2/c1-7-29-25-14-11-20(17-26(25)30-8-2)28(6)19-10-13-22-21-12-9-18(3)15-23(21)27(4,5)24(22)16-19/h9-17H,7-8H2,1-6H3. The molecule has 30 heavy (non-hydrogen) atoms. The minimum Gasteiger partial charge on any atom is -0.490 e. The second kappa shape index (κ2) is 7.71. The highest BCUT2D eigenvalue weighted by atomic mass is 16.5. The summed E-state index contributed by atoms with van der Waals surface area (Å²) in [6.07, 6.45) is 0. The van der Waals surface area contributed by atoms with E-state index in [1.165, 1.54) is 27.8 Å². The zero-order valence-corrected chi connectivity index (χ0v) is 18.9. The number of ether oxygens (including phenoxy) is 2. The van der Waals surface area contributed by atoms with Gasteiger partial charge in [0, 0.05) is 29.9 Å². The number of nitrogens with zero attached hydrogens (tertiary/aromatic N) is 1. The van der Waals surface area contributed by atoms with Gasteiger partial charge in [-0.25, -0.2) is 0 Å². The first-order chi connectivity index (χ1) is 14.4. The van der Waals surface area contributed by atoms with Crippen LogP contribution in [0.15, 0.2) is 54.6 Å². The molecule has 3 heteroatoms. The van der Waals surface area contributed by atoms with Crippen LogP contribution in [0, 0.1) is 6.92 Å². The van der Waals surface area contributed by atoms with Crippen LogP contribution in [0.1, 0.15) is 44.4 Å². The molecular weight excluding hydrogens is 370 g/mol. The van der Waals surface area contributed by atoms with Gasteiger partial charge in [0.05, 0.1) is 13.2 Å². The van der Waals surface area contributed by atoms with Gasteiger partial charge in [0.15, 0.2) is 11.5 Å². The molecule has 0 bridgehead atoms. The molecule has 0 saturated carbocycles. The molecule has 0 spiro atoms. The van der Waals surface area contributed by atoms with Crippen LogP contribution in [0.25, 0.3) is 11.1 Å². The van der Waals surface area contributed by atoms with Gasteiger partial charge in [-0.05, 0) is 67.3 Å². The Morgan fingerprint density at radius 2 is 1.30 bits per heavy atom. The summed E-state index contributed by atoms with van der Waals surface area (Å²) < 4.78 is 11.5.